The Hall–Kier alpha value is -0.120. The van der Waals surface area contributed by atoms with Gasteiger partial charge in [-0.25, -0.2) is 0 Å². The first-order chi connectivity index (χ1) is 7.20. The van der Waals surface area contributed by atoms with Crippen LogP contribution in [0.2, 0.25) is 0 Å². The molecule has 3 nitrogen and oxygen atoms in total. The average Bonchev–Trinajstić information content (AvgIpc) is 2.22. The van der Waals surface area contributed by atoms with E-state index in [1.807, 2.05) is 0 Å². The highest BCUT2D eigenvalue weighted by molar-refractivity contribution is 4.60. The van der Waals surface area contributed by atoms with Crippen molar-refractivity contribution in [1.29, 1.82) is 0 Å². The van der Waals surface area contributed by atoms with Gasteiger partial charge in [-0.2, -0.15) is 0 Å². The lowest BCUT2D eigenvalue weighted by molar-refractivity contribution is 0.160. The van der Waals surface area contributed by atoms with Crippen molar-refractivity contribution in [3.8, 4) is 0 Å². The second kappa shape index (κ2) is 10.4. The topological polar surface area (TPSA) is 24.5 Å². The zero-order chi connectivity index (χ0) is 11.5. The van der Waals surface area contributed by atoms with E-state index in [9.17, 15) is 0 Å². The zero-order valence-electron chi connectivity index (χ0n) is 10.9. The smallest absolute Gasteiger partial charge is 0.0589 e. The maximum atomic E-state index is 5.03. The van der Waals surface area contributed by atoms with E-state index >= 15 is 0 Å². The molecule has 0 aliphatic heterocycles. The summed E-state index contributed by atoms with van der Waals surface area (Å²) in [6.07, 6.45) is 3.76. The van der Waals surface area contributed by atoms with Crippen LogP contribution >= 0.6 is 0 Å². The molecule has 0 aromatic heterocycles. The molecule has 0 saturated heterocycles. The summed E-state index contributed by atoms with van der Waals surface area (Å²) >= 11 is 0. The molecule has 0 rings (SSSR count). The van der Waals surface area contributed by atoms with Crippen LogP contribution in [0.4, 0.5) is 0 Å². The van der Waals surface area contributed by atoms with Crippen molar-refractivity contribution in [2.24, 2.45) is 0 Å². The minimum atomic E-state index is 0.666. The van der Waals surface area contributed by atoms with Crippen LogP contribution in [0.3, 0.4) is 0 Å². The van der Waals surface area contributed by atoms with Crippen LogP contribution in [-0.4, -0.2) is 51.3 Å². The molecule has 1 unspecified atom stereocenters. The van der Waals surface area contributed by atoms with Crippen LogP contribution in [-0.2, 0) is 4.74 Å². The van der Waals surface area contributed by atoms with Crippen LogP contribution in [0, 0.1) is 0 Å². The molecule has 0 bridgehead atoms. The average molecular weight is 216 g/mol. The number of ether oxygens (including phenoxy) is 1. The predicted octanol–water partition coefficient (Wildman–Crippen LogP) is 1.73. The van der Waals surface area contributed by atoms with Gasteiger partial charge in [0.2, 0.25) is 0 Å². The van der Waals surface area contributed by atoms with E-state index < -0.39 is 0 Å². The molecule has 1 atom stereocenters. The van der Waals surface area contributed by atoms with Crippen molar-refractivity contribution in [2.45, 2.75) is 39.2 Å². The summed E-state index contributed by atoms with van der Waals surface area (Å²) < 4.78 is 5.03. The SMILES string of the molecule is CCCC(C)NCCCN(C)CCOC. The summed E-state index contributed by atoms with van der Waals surface area (Å²) in [6, 6.07) is 0.666. The first-order valence-corrected chi connectivity index (χ1v) is 6.11. The zero-order valence-corrected chi connectivity index (χ0v) is 10.9. The fraction of sp³-hybridized carbons (Fsp3) is 1.00. The Kier molecular flexibility index (Phi) is 10.3. The number of likely N-dealkylation sites (N-methyl/N-ethyl adjacent to an activating group) is 1. The lowest BCUT2D eigenvalue weighted by Gasteiger charge is -2.17. The van der Waals surface area contributed by atoms with Gasteiger partial charge in [-0.15, -0.1) is 0 Å². The molecule has 0 aromatic rings. The molecule has 0 heterocycles. The van der Waals surface area contributed by atoms with Gasteiger partial charge in [0.05, 0.1) is 6.61 Å². The normalized spacial score (nSPS) is 13.4. The Morgan fingerprint density at radius 2 is 2.07 bits per heavy atom. The van der Waals surface area contributed by atoms with Crippen LogP contribution < -0.4 is 5.32 Å². The van der Waals surface area contributed by atoms with Crippen molar-refractivity contribution in [2.75, 3.05) is 40.4 Å². The van der Waals surface area contributed by atoms with Crippen LogP contribution in [0.5, 0.6) is 0 Å². The van der Waals surface area contributed by atoms with E-state index in [1.54, 1.807) is 7.11 Å². The number of hydrogen-bond donors (Lipinski definition) is 1. The van der Waals surface area contributed by atoms with Crippen LogP contribution in [0.15, 0.2) is 0 Å². The molecule has 0 radical (unpaired) electrons. The number of methoxy groups -OCH3 is 1. The molecule has 1 N–H and O–H groups in total. The largest absolute Gasteiger partial charge is 0.383 e. The predicted molar refractivity (Wildman–Crippen MR) is 66.4 cm³/mol. The molecule has 0 fully saturated rings. The molecule has 0 aromatic carbocycles. The number of hydrogen-bond acceptors (Lipinski definition) is 3. The van der Waals surface area contributed by atoms with Gasteiger partial charge in [-0.1, -0.05) is 13.3 Å². The minimum absolute atomic E-state index is 0.666. The van der Waals surface area contributed by atoms with E-state index in [0.717, 1.165) is 26.2 Å². The van der Waals surface area contributed by atoms with E-state index in [4.69, 9.17) is 4.74 Å². The molecule has 0 aliphatic carbocycles. The summed E-state index contributed by atoms with van der Waals surface area (Å²) in [5, 5.41) is 3.54. The van der Waals surface area contributed by atoms with Gasteiger partial charge in [0.15, 0.2) is 0 Å². The Bertz CT molecular complexity index is 131. The van der Waals surface area contributed by atoms with Crippen LogP contribution in [0.25, 0.3) is 0 Å². The summed E-state index contributed by atoms with van der Waals surface area (Å²) in [7, 11) is 3.90. The molecule has 15 heavy (non-hydrogen) atoms. The second-order valence-electron chi connectivity index (χ2n) is 4.29. The quantitative estimate of drug-likeness (QED) is 0.563. The second-order valence-corrected chi connectivity index (χ2v) is 4.29. The monoisotopic (exact) mass is 216 g/mol. The van der Waals surface area contributed by atoms with Crippen molar-refractivity contribution in [3.63, 3.8) is 0 Å². The third kappa shape index (κ3) is 10.2. The van der Waals surface area contributed by atoms with E-state index in [2.05, 4.69) is 31.1 Å². The van der Waals surface area contributed by atoms with Crippen molar-refractivity contribution >= 4 is 0 Å². The number of nitrogens with one attached hydrogen (secondary N) is 1. The van der Waals surface area contributed by atoms with Gasteiger partial charge < -0.3 is 15.0 Å². The van der Waals surface area contributed by atoms with Crippen molar-refractivity contribution in [1.82, 2.24) is 10.2 Å². The highest BCUT2D eigenvalue weighted by Gasteiger charge is 2.00. The number of rotatable bonds is 10. The Morgan fingerprint density at radius 1 is 1.33 bits per heavy atom. The van der Waals surface area contributed by atoms with Gasteiger partial charge in [0.1, 0.15) is 0 Å². The number of nitrogens with zero attached hydrogens (tertiary/aromatic N) is 1. The van der Waals surface area contributed by atoms with Gasteiger partial charge in [0.25, 0.3) is 0 Å². The third-order valence-electron chi connectivity index (χ3n) is 2.61. The highest BCUT2D eigenvalue weighted by Crippen LogP contribution is 1.95. The first kappa shape index (κ1) is 14.9. The lowest BCUT2D eigenvalue weighted by atomic mass is 10.2. The molecular weight excluding hydrogens is 188 g/mol. The lowest BCUT2D eigenvalue weighted by Crippen LogP contribution is -2.30. The molecule has 0 spiro atoms. The van der Waals surface area contributed by atoms with Gasteiger partial charge in [-0.3, -0.25) is 0 Å². The summed E-state index contributed by atoms with van der Waals surface area (Å²) in [5.41, 5.74) is 0. The fourth-order valence-electron chi connectivity index (χ4n) is 1.59. The first-order valence-electron chi connectivity index (χ1n) is 6.11. The van der Waals surface area contributed by atoms with E-state index in [0.29, 0.717) is 6.04 Å². The molecule has 0 aliphatic rings. The standard InChI is InChI=1S/C12H28N2O/c1-5-7-12(2)13-8-6-9-14(3)10-11-15-4/h12-13H,5-11H2,1-4H3. The van der Waals surface area contributed by atoms with Gasteiger partial charge in [-0.05, 0) is 39.9 Å². The molecule has 0 amide bonds. The summed E-state index contributed by atoms with van der Waals surface area (Å²) in [5.74, 6) is 0. The maximum absolute atomic E-state index is 5.03. The van der Waals surface area contributed by atoms with Crippen molar-refractivity contribution < 1.29 is 4.74 Å². The third-order valence-corrected chi connectivity index (χ3v) is 2.61. The molecular formula is C12H28N2O. The Morgan fingerprint density at radius 3 is 2.67 bits per heavy atom. The highest BCUT2D eigenvalue weighted by atomic mass is 16.5. The van der Waals surface area contributed by atoms with Gasteiger partial charge in [0, 0.05) is 19.7 Å². The molecule has 0 saturated carbocycles. The van der Waals surface area contributed by atoms with Crippen molar-refractivity contribution in [3.05, 3.63) is 0 Å². The minimum Gasteiger partial charge on any atom is -0.383 e. The summed E-state index contributed by atoms with van der Waals surface area (Å²) in [4.78, 5) is 2.32. The summed E-state index contributed by atoms with van der Waals surface area (Å²) in [6.45, 7) is 8.62. The van der Waals surface area contributed by atoms with Gasteiger partial charge >= 0.3 is 0 Å². The van der Waals surface area contributed by atoms with Crippen LogP contribution in [0.1, 0.15) is 33.1 Å². The fourth-order valence-corrected chi connectivity index (χ4v) is 1.59. The van der Waals surface area contributed by atoms with E-state index in [-0.39, 0.29) is 0 Å². The Labute approximate surface area is 95.2 Å². The molecule has 92 valence electrons. The molecule has 3 heteroatoms. The Balaban J connectivity index is 3.22. The maximum Gasteiger partial charge on any atom is 0.0589 e. The van der Waals surface area contributed by atoms with E-state index in [1.165, 1.54) is 19.3 Å².